The Kier molecular flexibility index (Phi) is 3.41. The Bertz CT molecular complexity index is 932. The Morgan fingerprint density at radius 2 is 2.17 bits per heavy atom. The van der Waals surface area contributed by atoms with E-state index in [1.807, 2.05) is 38.2 Å². The number of amides is 1. The van der Waals surface area contributed by atoms with Gasteiger partial charge in [-0.25, -0.2) is 9.97 Å². The number of nitrogens with one attached hydrogen (secondary N) is 2. The molecule has 0 saturated carbocycles. The zero-order valence-electron chi connectivity index (χ0n) is 13.6. The van der Waals surface area contributed by atoms with Crippen LogP contribution < -0.4 is 10.6 Å². The maximum atomic E-state index is 12.0. The first-order valence-corrected chi connectivity index (χ1v) is 7.99. The Hall–Kier alpha value is -2.96. The highest BCUT2D eigenvalue weighted by Crippen LogP contribution is 2.33. The van der Waals surface area contributed by atoms with Gasteiger partial charge in [-0.15, -0.1) is 0 Å². The van der Waals surface area contributed by atoms with Crippen LogP contribution >= 0.6 is 0 Å². The van der Waals surface area contributed by atoms with E-state index in [0.717, 1.165) is 40.3 Å². The van der Waals surface area contributed by atoms with Crippen LogP contribution in [-0.2, 0) is 18.3 Å². The second-order valence-electron chi connectivity index (χ2n) is 5.88. The highest BCUT2D eigenvalue weighted by atomic mass is 16.1. The van der Waals surface area contributed by atoms with Crippen molar-refractivity contribution in [3.05, 3.63) is 41.9 Å². The van der Waals surface area contributed by atoms with Gasteiger partial charge in [0, 0.05) is 19.2 Å². The molecule has 3 aromatic rings. The van der Waals surface area contributed by atoms with Crippen LogP contribution in [0.25, 0.3) is 11.0 Å². The molecule has 1 aliphatic heterocycles. The second kappa shape index (κ2) is 5.59. The molecule has 0 radical (unpaired) electrons. The third-order valence-corrected chi connectivity index (χ3v) is 4.27. The first-order chi connectivity index (χ1) is 11.7. The van der Waals surface area contributed by atoms with Crippen LogP contribution in [0.3, 0.4) is 0 Å². The zero-order chi connectivity index (χ0) is 16.7. The van der Waals surface area contributed by atoms with Crippen molar-refractivity contribution in [2.24, 2.45) is 7.05 Å². The molecule has 7 nitrogen and oxygen atoms in total. The highest BCUT2D eigenvalue weighted by Gasteiger charge is 2.26. The van der Waals surface area contributed by atoms with Crippen LogP contribution in [0.5, 0.6) is 0 Å². The number of fused-ring (bicyclic) bond motifs is 2. The molecule has 0 fully saturated rings. The lowest BCUT2D eigenvalue weighted by Crippen LogP contribution is -2.27. The van der Waals surface area contributed by atoms with E-state index in [4.69, 9.17) is 0 Å². The maximum Gasteiger partial charge on any atom is 0.226 e. The summed E-state index contributed by atoms with van der Waals surface area (Å²) in [6.45, 7) is 2.02. The van der Waals surface area contributed by atoms with E-state index in [1.165, 1.54) is 0 Å². The molecule has 1 aromatic carbocycles. The topological polar surface area (TPSA) is 84.7 Å². The number of aryl methyl sites for hydroxylation is 2. The van der Waals surface area contributed by atoms with Gasteiger partial charge in [0.05, 0.1) is 24.0 Å². The molecule has 1 amide bonds. The predicted molar refractivity (Wildman–Crippen MR) is 91.7 cm³/mol. The summed E-state index contributed by atoms with van der Waals surface area (Å²) in [5, 5.41) is 11.5. The molecule has 0 bridgehead atoms. The predicted octanol–water partition coefficient (Wildman–Crippen LogP) is 2.42. The Labute approximate surface area is 139 Å². The molecule has 2 N–H and O–H groups in total. The third-order valence-electron chi connectivity index (χ3n) is 4.27. The van der Waals surface area contributed by atoms with Gasteiger partial charge in [-0.05, 0) is 11.6 Å². The van der Waals surface area contributed by atoms with Crippen LogP contribution in [0.4, 0.5) is 11.5 Å². The number of anilines is 2. The monoisotopic (exact) mass is 322 g/mol. The first-order valence-electron chi connectivity index (χ1n) is 7.99. The zero-order valence-corrected chi connectivity index (χ0v) is 13.6. The summed E-state index contributed by atoms with van der Waals surface area (Å²) in [5.41, 5.74) is 2.70. The second-order valence-corrected chi connectivity index (χ2v) is 5.88. The largest absolute Gasteiger partial charge is 0.362 e. The molecule has 122 valence electrons. The summed E-state index contributed by atoms with van der Waals surface area (Å²) in [7, 11) is 1.86. The number of nitrogens with zero attached hydrogens (tertiary/aromatic N) is 4. The minimum Gasteiger partial charge on any atom is -0.362 e. The smallest absolute Gasteiger partial charge is 0.226 e. The molecule has 4 rings (SSSR count). The van der Waals surface area contributed by atoms with Crippen molar-refractivity contribution in [3.8, 4) is 0 Å². The standard InChI is InChI=1S/C17H18N6O/c1-3-14-21-16(11-9-18-23(2)17(11)22-14)20-13-8-15(24)19-12-7-5-4-6-10(12)13/h4-7,9,13H,3,8H2,1-2H3,(H,19,24)(H,20,21,22)/t13-/m0/s1. The minimum atomic E-state index is -0.127. The van der Waals surface area contributed by atoms with Gasteiger partial charge in [0.25, 0.3) is 0 Å². The van der Waals surface area contributed by atoms with Crippen molar-refractivity contribution >= 4 is 28.4 Å². The average Bonchev–Trinajstić information content (AvgIpc) is 2.96. The summed E-state index contributed by atoms with van der Waals surface area (Å²) >= 11 is 0. The lowest BCUT2D eigenvalue weighted by Gasteiger charge is -2.27. The number of hydrogen-bond acceptors (Lipinski definition) is 5. The lowest BCUT2D eigenvalue weighted by molar-refractivity contribution is -0.116. The van der Waals surface area contributed by atoms with Gasteiger partial charge in [0.1, 0.15) is 11.6 Å². The number of rotatable bonds is 3. The van der Waals surface area contributed by atoms with E-state index in [1.54, 1.807) is 10.9 Å². The van der Waals surface area contributed by atoms with Gasteiger partial charge in [-0.2, -0.15) is 5.10 Å². The van der Waals surface area contributed by atoms with Crippen LogP contribution in [0.1, 0.15) is 30.8 Å². The third kappa shape index (κ3) is 2.38. The van der Waals surface area contributed by atoms with Crippen LogP contribution in [-0.4, -0.2) is 25.7 Å². The number of carbonyl (C=O) groups excluding carboxylic acids is 1. The van der Waals surface area contributed by atoms with E-state index in [-0.39, 0.29) is 11.9 Å². The highest BCUT2D eigenvalue weighted by molar-refractivity contribution is 5.95. The van der Waals surface area contributed by atoms with Gasteiger partial charge < -0.3 is 10.6 Å². The molecule has 0 aliphatic carbocycles. The molecule has 1 aliphatic rings. The minimum absolute atomic E-state index is 0.00148. The molecular formula is C17H18N6O. The fourth-order valence-corrected chi connectivity index (χ4v) is 3.04. The summed E-state index contributed by atoms with van der Waals surface area (Å²) in [4.78, 5) is 21.2. The fraction of sp³-hybridized carbons (Fsp3) is 0.294. The van der Waals surface area contributed by atoms with Crippen molar-refractivity contribution in [3.63, 3.8) is 0 Å². The van der Waals surface area contributed by atoms with Gasteiger partial charge in [0.2, 0.25) is 5.91 Å². The summed E-state index contributed by atoms with van der Waals surface area (Å²) in [6.07, 6.45) is 2.85. The number of carbonyl (C=O) groups is 1. The number of benzene rings is 1. The van der Waals surface area contributed by atoms with Crippen molar-refractivity contribution < 1.29 is 4.79 Å². The van der Waals surface area contributed by atoms with Crippen LogP contribution in [0, 0.1) is 0 Å². The van der Waals surface area contributed by atoms with Gasteiger partial charge in [0.15, 0.2) is 5.65 Å². The van der Waals surface area contributed by atoms with Gasteiger partial charge >= 0.3 is 0 Å². The summed E-state index contributed by atoms with van der Waals surface area (Å²) in [5.74, 6) is 1.47. The lowest BCUT2D eigenvalue weighted by atomic mass is 9.97. The van der Waals surface area contributed by atoms with Gasteiger partial charge in [-0.3, -0.25) is 9.48 Å². The maximum absolute atomic E-state index is 12.0. The van der Waals surface area contributed by atoms with Crippen molar-refractivity contribution in [1.29, 1.82) is 0 Å². The van der Waals surface area contributed by atoms with Crippen LogP contribution in [0.15, 0.2) is 30.5 Å². The first kappa shape index (κ1) is 14.6. The van der Waals surface area contributed by atoms with Crippen molar-refractivity contribution in [1.82, 2.24) is 19.7 Å². The Morgan fingerprint density at radius 1 is 1.33 bits per heavy atom. The Morgan fingerprint density at radius 3 is 3.00 bits per heavy atom. The molecule has 0 saturated heterocycles. The normalized spacial score (nSPS) is 16.8. The van der Waals surface area contributed by atoms with Crippen molar-refractivity contribution in [2.45, 2.75) is 25.8 Å². The van der Waals surface area contributed by atoms with E-state index in [9.17, 15) is 4.79 Å². The molecule has 3 heterocycles. The quantitative estimate of drug-likeness (QED) is 0.773. The SMILES string of the molecule is CCc1nc(N[C@H]2CC(=O)Nc3ccccc32)c2cnn(C)c2n1. The van der Waals surface area contributed by atoms with Crippen molar-refractivity contribution in [2.75, 3.05) is 10.6 Å². The summed E-state index contributed by atoms with van der Waals surface area (Å²) in [6, 6.07) is 7.70. The molecule has 1 atom stereocenters. The number of hydrogen-bond donors (Lipinski definition) is 2. The van der Waals surface area contributed by atoms with Crippen LogP contribution in [0.2, 0.25) is 0 Å². The molecule has 0 spiro atoms. The molecular weight excluding hydrogens is 304 g/mol. The number of para-hydroxylation sites is 1. The van der Waals surface area contributed by atoms with E-state index in [2.05, 4.69) is 25.7 Å². The van der Waals surface area contributed by atoms with E-state index in [0.29, 0.717) is 6.42 Å². The molecule has 2 aromatic heterocycles. The number of aromatic nitrogens is 4. The molecule has 0 unspecified atom stereocenters. The Balaban J connectivity index is 1.78. The fourth-order valence-electron chi connectivity index (χ4n) is 3.04. The average molecular weight is 322 g/mol. The molecule has 7 heteroatoms. The van der Waals surface area contributed by atoms with E-state index >= 15 is 0 Å². The van der Waals surface area contributed by atoms with E-state index < -0.39 is 0 Å². The van der Waals surface area contributed by atoms with Gasteiger partial charge in [-0.1, -0.05) is 25.1 Å². The molecule has 24 heavy (non-hydrogen) atoms. The summed E-state index contributed by atoms with van der Waals surface area (Å²) < 4.78 is 1.74.